The molecule has 1 amide bonds. The number of halogens is 2. The van der Waals surface area contributed by atoms with Gasteiger partial charge in [-0.15, -0.1) is 0 Å². The van der Waals surface area contributed by atoms with Crippen molar-refractivity contribution in [2.24, 2.45) is 5.92 Å². The van der Waals surface area contributed by atoms with Crippen LogP contribution in [0.3, 0.4) is 0 Å². The van der Waals surface area contributed by atoms with Gasteiger partial charge in [-0.05, 0) is 12.5 Å². The number of hydrogen-bond acceptors (Lipinski definition) is 5. The van der Waals surface area contributed by atoms with Crippen LogP contribution in [0.2, 0.25) is 0 Å². The molecule has 1 atom stereocenters. The highest BCUT2D eigenvalue weighted by Crippen LogP contribution is 2.14. The predicted molar refractivity (Wildman–Crippen MR) is 82.6 cm³/mol. The van der Waals surface area contributed by atoms with Crippen LogP contribution in [0, 0.1) is 17.6 Å². The van der Waals surface area contributed by atoms with Gasteiger partial charge in [-0.1, -0.05) is 17.3 Å². The van der Waals surface area contributed by atoms with Gasteiger partial charge in [-0.2, -0.15) is 0 Å². The third kappa shape index (κ3) is 4.61. The molecule has 25 heavy (non-hydrogen) atoms. The Morgan fingerprint density at radius 1 is 1.36 bits per heavy atom. The van der Waals surface area contributed by atoms with Gasteiger partial charge < -0.3 is 19.3 Å². The normalized spacial score (nSPS) is 17.0. The summed E-state index contributed by atoms with van der Waals surface area (Å²) >= 11 is 0. The van der Waals surface area contributed by atoms with Gasteiger partial charge in [0.05, 0.1) is 13.2 Å². The highest BCUT2D eigenvalue weighted by molar-refractivity contribution is 5.92. The van der Waals surface area contributed by atoms with E-state index in [1.165, 1.54) is 18.2 Å². The van der Waals surface area contributed by atoms with Crippen LogP contribution in [-0.4, -0.2) is 30.8 Å². The van der Waals surface area contributed by atoms with E-state index in [0.29, 0.717) is 24.8 Å². The fourth-order valence-corrected chi connectivity index (χ4v) is 2.48. The van der Waals surface area contributed by atoms with Crippen LogP contribution in [0.1, 0.15) is 28.2 Å². The average Bonchev–Trinajstić information content (AvgIpc) is 3.28. The number of amides is 1. The standard InChI is InChI=1S/C17H18F2N2O4/c18-14-3-1-2-12(16(14)19)9-24-10-13-6-15(21-25-13)17(22)20-7-11-4-5-23-8-11/h1-3,6,11H,4-5,7-10H2,(H,20,22). The summed E-state index contributed by atoms with van der Waals surface area (Å²) in [5.74, 6) is -1.55. The quantitative estimate of drug-likeness (QED) is 0.829. The van der Waals surface area contributed by atoms with E-state index in [1.807, 2.05) is 0 Å². The maximum Gasteiger partial charge on any atom is 0.273 e. The lowest BCUT2D eigenvalue weighted by molar-refractivity contribution is 0.0855. The summed E-state index contributed by atoms with van der Waals surface area (Å²) in [7, 11) is 0. The molecule has 1 aromatic carbocycles. The SMILES string of the molecule is O=C(NCC1CCOC1)c1cc(COCc2cccc(F)c2F)on1. The summed E-state index contributed by atoms with van der Waals surface area (Å²) in [5.41, 5.74) is 0.255. The Kier molecular flexibility index (Phi) is 5.72. The minimum atomic E-state index is -0.934. The van der Waals surface area contributed by atoms with Gasteiger partial charge in [0.2, 0.25) is 0 Å². The maximum atomic E-state index is 13.5. The van der Waals surface area contributed by atoms with Crippen molar-refractivity contribution < 1.29 is 27.6 Å². The molecule has 1 aliphatic heterocycles. The molecule has 2 heterocycles. The van der Waals surface area contributed by atoms with E-state index in [-0.39, 0.29) is 30.4 Å². The molecule has 1 saturated heterocycles. The topological polar surface area (TPSA) is 73.6 Å². The van der Waals surface area contributed by atoms with Crippen molar-refractivity contribution in [2.75, 3.05) is 19.8 Å². The van der Waals surface area contributed by atoms with E-state index in [4.69, 9.17) is 14.0 Å². The van der Waals surface area contributed by atoms with Crippen LogP contribution in [0.25, 0.3) is 0 Å². The summed E-state index contributed by atoms with van der Waals surface area (Å²) in [4.78, 5) is 12.0. The maximum absolute atomic E-state index is 13.5. The van der Waals surface area contributed by atoms with Gasteiger partial charge in [0.25, 0.3) is 5.91 Å². The van der Waals surface area contributed by atoms with Crippen LogP contribution < -0.4 is 5.32 Å². The Morgan fingerprint density at radius 3 is 3.04 bits per heavy atom. The summed E-state index contributed by atoms with van der Waals surface area (Å²) in [6.45, 7) is 1.77. The molecule has 2 aromatic rings. The summed E-state index contributed by atoms with van der Waals surface area (Å²) in [6, 6.07) is 5.34. The lowest BCUT2D eigenvalue weighted by Crippen LogP contribution is -2.29. The van der Waals surface area contributed by atoms with E-state index in [1.54, 1.807) is 0 Å². The summed E-state index contributed by atoms with van der Waals surface area (Å²) < 4.78 is 42.1. The average molecular weight is 352 g/mol. The number of ether oxygens (including phenoxy) is 2. The van der Waals surface area contributed by atoms with Gasteiger partial charge in [-0.25, -0.2) is 8.78 Å². The van der Waals surface area contributed by atoms with Gasteiger partial charge in [0, 0.05) is 30.7 Å². The van der Waals surface area contributed by atoms with Gasteiger partial charge in [0.1, 0.15) is 6.61 Å². The fourth-order valence-electron chi connectivity index (χ4n) is 2.48. The lowest BCUT2D eigenvalue weighted by Gasteiger charge is -2.07. The van der Waals surface area contributed by atoms with E-state index >= 15 is 0 Å². The Bertz CT molecular complexity index is 729. The largest absolute Gasteiger partial charge is 0.381 e. The molecule has 0 saturated carbocycles. The molecule has 0 radical (unpaired) electrons. The first-order chi connectivity index (χ1) is 12.1. The molecule has 1 unspecified atom stereocenters. The van der Waals surface area contributed by atoms with Crippen molar-refractivity contribution in [2.45, 2.75) is 19.6 Å². The first-order valence-corrected chi connectivity index (χ1v) is 7.95. The van der Waals surface area contributed by atoms with Crippen molar-refractivity contribution in [3.63, 3.8) is 0 Å². The van der Waals surface area contributed by atoms with Crippen LogP contribution in [0.5, 0.6) is 0 Å². The third-order valence-electron chi connectivity index (χ3n) is 3.90. The molecular formula is C17H18F2N2O4. The van der Waals surface area contributed by atoms with Gasteiger partial charge in [-0.3, -0.25) is 4.79 Å². The second kappa shape index (κ2) is 8.17. The third-order valence-corrected chi connectivity index (χ3v) is 3.90. The molecule has 1 N–H and O–H groups in total. The number of nitrogens with zero attached hydrogens (tertiary/aromatic N) is 1. The van der Waals surface area contributed by atoms with Crippen molar-refractivity contribution in [1.29, 1.82) is 0 Å². The number of benzene rings is 1. The second-order valence-corrected chi connectivity index (χ2v) is 5.82. The molecular weight excluding hydrogens is 334 g/mol. The van der Waals surface area contributed by atoms with Gasteiger partial charge in [0.15, 0.2) is 23.1 Å². The van der Waals surface area contributed by atoms with Crippen molar-refractivity contribution >= 4 is 5.91 Å². The Hall–Kier alpha value is -2.32. The zero-order chi connectivity index (χ0) is 17.6. The van der Waals surface area contributed by atoms with Crippen LogP contribution >= 0.6 is 0 Å². The first-order valence-electron chi connectivity index (χ1n) is 7.95. The Balaban J connectivity index is 1.46. The zero-order valence-corrected chi connectivity index (χ0v) is 13.5. The Labute approximate surface area is 143 Å². The van der Waals surface area contributed by atoms with E-state index in [0.717, 1.165) is 19.1 Å². The number of nitrogens with one attached hydrogen (secondary N) is 1. The number of rotatable bonds is 7. The van der Waals surface area contributed by atoms with Crippen molar-refractivity contribution in [1.82, 2.24) is 10.5 Å². The van der Waals surface area contributed by atoms with E-state index < -0.39 is 11.6 Å². The number of hydrogen-bond donors (Lipinski definition) is 1. The monoisotopic (exact) mass is 352 g/mol. The molecule has 6 nitrogen and oxygen atoms in total. The van der Waals surface area contributed by atoms with Crippen LogP contribution in [-0.2, 0) is 22.7 Å². The molecule has 8 heteroatoms. The molecule has 1 aliphatic rings. The molecule has 3 rings (SSSR count). The smallest absolute Gasteiger partial charge is 0.273 e. The van der Waals surface area contributed by atoms with E-state index in [2.05, 4.69) is 10.5 Å². The summed E-state index contributed by atoms with van der Waals surface area (Å²) in [6.07, 6.45) is 0.925. The highest BCUT2D eigenvalue weighted by atomic mass is 19.2. The molecule has 0 bridgehead atoms. The number of carbonyl (C=O) groups is 1. The number of carbonyl (C=O) groups excluding carboxylic acids is 1. The van der Waals surface area contributed by atoms with Crippen LogP contribution in [0.15, 0.2) is 28.8 Å². The minimum Gasteiger partial charge on any atom is -0.381 e. The second-order valence-electron chi connectivity index (χ2n) is 5.82. The molecule has 134 valence electrons. The first kappa shape index (κ1) is 17.5. The lowest BCUT2D eigenvalue weighted by atomic mass is 10.1. The molecule has 0 spiro atoms. The highest BCUT2D eigenvalue weighted by Gasteiger charge is 2.18. The van der Waals surface area contributed by atoms with Crippen molar-refractivity contribution in [3.8, 4) is 0 Å². The number of aromatic nitrogens is 1. The van der Waals surface area contributed by atoms with Crippen molar-refractivity contribution in [3.05, 3.63) is 52.9 Å². The minimum absolute atomic E-state index is 0.00724. The molecule has 0 aliphatic carbocycles. The van der Waals surface area contributed by atoms with Gasteiger partial charge >= 0.3 is 0 Å². The zero-order valence-electron chi connectivity index (χ0n) is 13.5. The molecule has 1 aromatic heterocycles. The summed E-state index contributed by atoms with van der Waals surface area (Å²) in [5, 5.41) is 6.46. The fraction of sp³-hybridized carbons (Fsp3) is 0.412. The van der Waals surface area contributed by atoms with E-state index in [9.17, 15) is 13.6 Å². The predicted octanol–water partition coefficient (Wildman–Crippen LogP) is 2.44. The Morgan fingerprint density at radius 2 is 2.24 bits per heavy atom. The van der Waals surface area contributed by atoms with Crippen LogP contribution in [0.4, 0.5) is 8.78 Å². The molecule has 1 fully saturated rings.